The Hall–Kier alpha value is -2.49. The molecule has 1 aliphatic heterocycles. The zero-order valence-corrected chi connectivity index (χ0v) is 19.2. The van der Waals surface area contributed by atoms with Crippen LogP contribution in [0, 0.1) is 0 Å². The molecule has 9 nitrogen and oxygen atoms in total. The van der Waals surface area contributed by atoms with Crippen LogP contribution in [-0.4, -0.2) is 106 Å². The summed E-state index contributed by atoms with van der Waals surface area (Å²) in [6.45, 7) is 4.83. The van der Waals surface area contributed by atoms with E-state index in [1.807, 2.05) is 30.3 Å². The molecule has 0 fully saturated rings. The second kappa shape index (κ2) is 13.0. The lowest BCUT2D eigenvalue weighted by molar-refractivity contribution is -0.138. The largest absolute Gasteiger partial charge is 0.332 e. The van der Waals surface area contributed by atoms with Gasteiger partial charge in [0.1, 0.15) is 6.04 Å². The van der Waals surface area contributed by atoms with Crippen molar-refractivity contribution in [3.8, 4) is 0 Å². The van der Waals surface area contributed by atoms with Gasteiger partial charge in [-0.3, -0.25) is 14.9 Å². The van der Waals surface area contributed by atoms with Crippen molar-refractivity contribution in [1.82, 2.24) is 25.3 Å². The van der Waals surface area contributed by atoms with E-state index in [2.05, 4.69) is 51.9 Å². The van der Waals surface area contributed by atoms with Crippen LogP contribution in [0.1, 0.15) is 12.8 Å². The Morgan fingerprint density at radius 1 is 1.10 bits per heavy atom. The minimum absolute atomic E-state index is 0.0644. The summed E-state index contributed by atoms with van der Waals surface area (Å²) in [5.41, 5.74) is 0.847. The Morgan fingerprint density at radius 3 is 2.52 bits per heavy atom. The first kappa shape index (κ1) is 24.8. The van der Waals surface area contributed by atoms with Crippen molar-refractivity contribution in [2.45, 2.75) is 18.9 Å². The van der Waals surface area contributed by atoms with Crippen LogP contribution in [-0.2, 0) is 9.59 Å². The number of nitrogens with zero attached hydrogens (tertiary/aromatic N) is 4. The van der Waals surface area contributed by atoms with Crippen molar-refractivity contribution >= 4 is 23.5 Å². The predicted molar refractivity (Wildman–Crippen MR) is 125 cm³/mol. The van der Waals surface area contributed by atoms with Gasteiger partial charge in [-0.1, -0.05) is 18.2 Å². The van der Waals surface area contributed by atoms with E-state index >= 15 is 0 Å². The summed E-state index contributed by atoms with van der Waals surface area (Å²) < 4.78 is 0. The predicted octanol–water partition coefficient (Wildman–Crippen LogP) is 0.275. The number of benzene rings is 1. The van der Waals surface area contributed by atoms with Gasteiger partial charge >= 0.3 is 0 Å². The molecular formula is C22H37N7O2. The summed E-state index contributed by atoms with van der Waals surface area (Å²) in [5, 5.41) is 9.14. The first-order valence-corrected chi connectivity index (χ1v) is 10.8. The lowest BCUT2D eigenvalue weighted by Crippen LogP contribution is -2.55. The SMILES string of the molecule is CN(C)CCN(C)CCCNCCC(=O)N(C)C1CN=C(Nc2ccccc2)NC1=O. The van der Waals surface area contributed by atoms with Crippen LogP contribution >= 0.6 is 0 Å². The third kappa shape index (κ3) is 9.04. The Kier molecular flexibility index (Phi) is 10.4. The number of anilines is 1. The quantitative estimate of drug-likeness (QED) is 0.412. The summed E-state index contributed by atoms with van der Waals surface area (Å²) in [4.78, 5) is 35.3. The van der Waals surface area contributed by atoms with Gasteiger partial charge in [0, 0.05) is 38.8 Å². The van der Waals surface area contributed by atoms with Crippen LogP contribution in [0.5, 0.6) is 0 Å². The molecule has 0 saturated heterocycles. The maximum Gasteiger partial charge on any atom is 0.251 e. The second-order valence-corrected chi connectivity index (χ2v) is 8.15. The number of carbonyl (C=O) groups excluding carboxylic acids is 2. The summed E-state index contributed by atoms with van der Waals surface area (Å²) >= 11 is 0. The molecule has 1 aromatic rings. The van der Waals surface area contributed by atoms with Crippen LogP contribution in [0.3, 0.4) is 0 Å². The van der Waals surface area contributed by atoms with Gasteiger partial charge in [0.05, 0.1) is 6.54 Å². The highest BCUT2D eigenvalue weighted by atomic mass is 16.2. The van der Waals surface area contributed by atoms with Gasteiger partial charge in [-0.05, 0) is 52.8 Å². The Balaban J connectivity index is 1.64. The van der Waals surface area contributed by atoms with E-state index in [1.54, 1.807) is 7.05 Å². The average molecular weight is 432 g/mol. The fourth-order valence-corrected chi connectivity index (χ4v) is 3.15. The Bertz CT molecular complexity index is 724. The van der Waals surface area contributed by atoms with Gasteiger partial charge in [-0.2, -0.15) is 0 Å². The minimum atomic E-state index is -0.584. The smallest absolute Gasteiger partial charge is 0.251 e. The van der Waals surface area contributed by atoms with Crippen LogP contribution < -0.4 is 16.0 Å². The topological polar surface area (TPSA) is 92.3 Å². The van der Waals surface area contributed by atoms with Crippen molar-refractivity contribution in [2.24, 2.45) is 4.99 Å². The van der Waals surface area contributed by atoms with Crippen LogP contribution in [0.15, 0.2) is 35.3 Å². The first-order chi connectivity index (χ1) is 14.9. The van der Waals surface area contributed by atoms with Gasteiger partial charge in [-0.15, -0.1) is 0 Å². The number of guanidine groups is 1. The molecule has 1 aliphatic rings. The van der Waals surface area contributed by atoms with Crippen molar-refractivity contribution < 1.29 is 9.59 Å². The fraction of sp³-hybridized carbons (Fsp3) is 0.591. The Morgan fingerprint density at radius 2 is 1.84 bits per heavy atom. The molecule has 1 unspecified atom stereocenters. The number of para-hydroxylation sites is 1. The number of aliphatic imine (C=N–C) groups is 1. The highest BCUT2D eigenvalue weighted by Gasteiger charge is 2.30. The lowest BCUT2D eigenvalue weighted by atomic mass is 10.2. The molecular weight excluding hydrogens is 394 g/mol. The van der Waals surface area contributed by atoms with E-state index in [4.69, 9.17) is 0 Å². The molecule has 3 N–H and O–H groups in total. The number of amides is 2. The van der Waals surface area contributed by atoms with Crippen molar-refractivity contribution in [3.63, 3.8) is 0 Å². The fourth-order valence-electron chi connectivity index (χ4n) is 3.15. The third-order valence-electron chi connectivity index (χ3n) is 5.20. The maximum absolute atomic E-state index is 12.5. The Labute approximate surface area is 185 Å². The first-order valence-electron chi connectivity index (χ1n) is 10.8. The molecule has 0 radical (unpaired) electrons. The van der Waals surface area contributed by atoms with Crippen molar-refractivity contribution in [1.29, 1.82) is 0 Å². The van der Waals surface area contributed by atoms with E-state index < -0.39 is 6.04 Å². The summed E-state index contributed by atoms with van der Waals surface area (Å²) in [7, 11) is 7.94. The monoisotopic (exact) mass is 431 g/mol. The molecule has 1 aromatic carbocycles. The van der Waals surface area contributed by atoms with Crippen LogP contribution in [0.25, 0.3) is 0 Å². The highest BCUT2D eigenvalue weighted by molar-refractivity contribution is 6.08. The molecule has 0 aromatic heterocycles. The van der Waals surface area contributed by atoms with Crippen LogP contribution in [0.4, 0.5) is 5.69 Å². The number of hydrogen-bond acceptors (Lipinski definition) is 7. The number of hydrogen-bond donors (Lipinski definition) is 3. The average Bonchev–Trinajstić information content (AvgIpc) is 2.75. The molecule has 1 atom stereocenters. The second-order valence-electron chi connectivity index (χ2n) is 8.15. The van der Waals surface area contributed by atoms with Crippen molar-refractivity contribution in [2.75, 3.05) is 72.8 Å². The van der Waals surface area contributed by atoms with E-state index in [-0.39, 0.29) is 18.4 Å². The van der Waals surface area contributed by atoms with E-state index in [1.165, 1.54) is 4.90 Å². The minimum Gasteiger partial charge on any atom is -0.332 e. The molecule has 0 aliphatic carbocycles. The molecule has 1 heterocycles. The van der Waals surface area contributed by atoms with Crippen molar-refractivity contribution in [3.05, 3.63) is 30.3 Å². The lowest BCUT2D eigenvalue weighted by Gasteiger charge is -2.29. The number of nitrogens with one attached hydrogen (secondary N) is 3. The third-order valence-corrected chi connectivity index (χ3v) is 5.20. The van der Waals surface area contributed by atoms with Gasteiger partial charge < -0.3 is 25.3 Å². The van der Waals surface area contributed by atoms with Gasteiger partial charge in [-0.25, -0.2) is 4.99 Å². The standard InChI is InChI=1S/C22H37N7O2/c1-27(2)15-16-28(3)14-8-12-23-13-11-20(30)29(4)19-17-24-22(26-21(19)31)25-18-9-6-5-7-10-18/h5-7,9-10,19,23H,8,11-17H2,1-4H3,(H2,24,25,26,31). The number of likely N-dealkylation sites (N-methyl/N-ethyl adjacent to an activating group) is 3. The van der Waals surface area contributed by atoms with Gasteiger partial charge in [0.2, 0.25) is 11.9 Å². The van der Waals surface area contributed by atoms with Crippen LogP contribution in [0.2, 0.25) is 0 Å². The van der Waals surface area contributed by atoms with Gasteiger partial charge in [0.25, 0.3) is 5.91 Å². The molecule has 2 rings (SSSR count). The van der Waals surface area contributed by atoms with Gasteiger partial charge in [0.15, 0.2) is 0 Å². The normalized spacial score (nSPS) is 16.3. The molecule has 9 heteroatoms. The molecule has 0 saturated carbocycles. The number of carbonyl (C=O) groups is 2. The van der Waals surface area contributed by atoms with E-state index in [0.717, 1.165) is 38.3 Å². The molecule has 2 amide bonds. The molecule has 172 valence electrons. The van der Waals surface area contributed by atoms with E-state index in [0.29, 0.717) is 18.9 Å². The summed E-state index contributed by atoms with van der Waals surface area (Å²) in [6.07, 6.45) is 1.39. The molecule has 0 spiro atoms. The highest BCUT2D eigenvalue weighted by Crippen LogP contribution is 2.08. The summed E-state index contributed by atoms with van der Waals surface area (Å²) in [5.74, 6) is 0.119. The number of rotatable bonds is 12. The van der Waals surface area contributed by atoms with E-state index in [9.17, 15) is 9.59 Å². The zero-order chi connectivity index (χ0) is 22.6. The summed E-state index contributed by atoms with van der Waals surface area (Å²) in [6, 6.07) is 8.93. The molecule has 0 bridgehead atoms. The molecule has 31 heavy (non-hydrogen) atoms. The zero-order valence-electron chi connectivity index (χ0n) is 19.2. The maximum atomic E-state index is 12.5.